The maximum atomic E-state index is 12.7. The Morgan fingerprint density at radius 1 is 1.14 bits per heavy atom. The fourth-order valence-electron chi connectivity index (χ4n) is 3.55. The second-order valence-electron chi connectivity index (χ2n) is 7.05. The van der Waals surface area contributed by atoms with E-state index in [-0.39, 0.29) is 11.8 Å². The summed E-state index contributed by atoms with van der Waals surface area (Å²) in [4.78, 5) is 27.1. The summed E-state index contributed by atoms with van der Waals surface area (Å²) in [6.45, 7) is 1.62. The molecule has 1 aromatic heterocycles. The predicted molar refractivity (Wildman–Crippen MR) is 114 cm³/mol. The van der Waals surface area contributed by atoms with Gasteiger partial charge in [0.05, 0.1) is 6.54 Å². The van der Waals surface area contributed by atoms with Crippen molar-refractivity contribution in [3.63, 3.8) is 0 Å². The minimum atomic E-state index is -0.638. The highest BCUT2D eigenvalue weighted by atomic mass is 79.9. The van der Waals surface area contributed by atoms with Crippen molar-refractivity contribution >= 4 is 33.4 Å². The molecule has 148 valence electrons. The maximum Gasteiger partial charge on any atom is 0.239 e. The number of carbonyl (C=O) groups excluding carboxylic acids is 2. The van der Waals surface area contributed by atoms with Crippen LogP contribution in [0, 0.1) is 5.92 Å². The molecule has 1 fully saturated rings. The first-order valence-corrected chi connectivity index (χ1v) is 10.3. The lowest BCUT2D eigenvalue weighted by atomic mass is 10.1. The van der Waals surface area contributed by atoms with Gasteiger partial charge in [-0.2, -0.15) is 5.10 Å². The summed E-state index contributed by atoms with van der Waals surface area (Å²) < 4.78 is 2.76. The number of halogens is 1. The maximum absolute atomic E-state index is 12.7. The smallest absolute Gasteiger partial charge is 0.239 e. The number of nitrogens with zero attached hydrogens (tertiary/aromatic N) is 3. The van der Waals surface area contributed by atoms with E-state index in [1.807, 2.05) is 65.5 Å². The first-order chi connectivity index (χ1) is 14.1. The van der Waals surface area contributed by atoms with Crippen LogP contribution in [-0.4, -0.2) is 28.1 Å². The van der Waals surface area contributed by atoms with Crippen molar-refractivity contribution in [1.82, 2.24) is 15.1 Å². The monoisotopic (exact) mass is 452 g/mol. The molecule has 0 saturated carbocycles. The fraction of sp³-hybridized carbons (Fsp3) is 0.227. The van der Waals surface area contributed by atoms with E-state index in [9.17, 15) is 9.59 Å². The number of amides is 2. The molecule has 2 amide bonds. The largest absolute Gasteiger partial charge is 0.351 e. The fourth-order valence-corrected chi connectivity index (χ4v) is 3.94. The topological polar surface area (TPSA) is 67.2 Å². The van der Waals surface area contributed by atoms with E-state index in [0.29, 0.717) is 26.1 Å². The molecule has 0 bridgehead atoms. The molecular weight excluding hydrogens is 432 g/mol. The van der Waals surface area contributed by atoms with E-state index in [1.165, 1.54) is 0 Å². The quantitative estimate of drug-likeness (QED) is 0.583. The third-order valence-electron chi connectivity index (χ3n) is 5.00. The number of carbonyl (C=O) groups is 2. The zero-order valence-corrected chi connectivity index (χ0v) is 17.4. The third-order valence-corrected chi connectivity index (χ3v) is 5.50. The van der Waals surface area contributed by atoms with Crippen LogP contribution >= 0.6 is 15.9 Å². The summed E-state index contributed by atoms with van der Waals surface area (Å²) in [7, 11) is 0. The van der Waals surface area contributed by atoms with Crippen molar-refractivity contribution in [3.05, 3.63) is 82.6 Å². The highest BCUT2D eigenvalue weighted by Crippen LogP contribution is 2.27. The number of rotatable bonds is 6. The second kappa shape index (κ2) is 8.61. The summed E-state index contributed by atoms with van der Waals surface area (Å²) >= 11 is 3.43. The van der Waals surface area contributed by atoms with E-state index in [0.717, 1.165) is 21.3 Å². The SMILES string of the molecule is O=C(NCc1cccc(Cn2cccn2)c1)C1CCN(c2cccc(Br)c2)C1=O. The number of hydrogen-bond acceptors (Lipinski definition) is 3. The number of hydrogen-bond donors (Lipinski definition) is 1. The van der Waals surface area contributed by atoms with E-state index >= 15 is 0 Å². The Balaban J connectivity index is 1.36. The molecule has 0 radical (unpaired) electrons. The Morgan fingerprint density at radius 3 is 2.76 bits per heavy atom. The molecular formula is C22H21BrN4O2. The van der Waals surface area contributed by atoms with Gasteiger partial charge in [0.15, 0.2) is 0 Å². The molecule has 1 unspecified atom stereocenters. The van der Waals surface area contributed by atoms with Crippen molar-refractivity contribution in [1.29, 1.82) is 0 Å². The molecule has 7 heteroatoms. The van der Waals surface area contributed by atoms with Gasteiger partial charge in [0, 0.05) is 35.6 Å². The summed E-state index contributed by atoms with van der Waals surface area (Å²) in [5.41, 5.74) is 2.92. The summed E-state index contributed by atoms with van der Waals surface area (Å²) in [5, 5.41) is 7.14. The highest BCUT2D eigenvalue weighted by molar-refractivity contribution is 9.10. The van der Waals surface area contributed by atoms with Crippen molar-refractivity contribution < 1.29 is 9.59 Å². The van der Waals surface area contributed by atoms with Gasteiger partial charge in [0.2, 0.25) is 11.8 Å². The lowest BCUT2D eigenvalue weighted by molar-refractivity contribution is -0.132. The Kier molecular flexibility index (Phi) is 5.76. The Labute approximate surface area is 177 Å². The average molecular weight is 453 g/mol. The molecule has 4 rings (SSSR count). The number of nitrogens with one attached hydrogen (secondary N) is 1. The van der Waals surface area contributed by atoms with Crippen molar-refractivity contribution in [2.45, 2.75) is 19.5 Å². The minimum Gasteiger partial charge on any atom is -0.351 e. The van der Waals surface area contributed by atoms with Crippen LogP contribution in [0.1, 0.15) is 17.5 Å². The Hall–Kier alpha value is -2.93. The van der Waals surface area contributed by atoms with Crippen LogP contribution in [0.2, 0.25) is 0 Å². The summed E-state index contributed by atoms with van der Waals surface area (Å²) in [5.74, 6) is -1.00. The zero-order chi connectivity index (χ0) is 20.2. The number of aromatic nitrogens is 2. The van der Waals surface area contributed by atoms with Crippen molar-refractivity contribution in [3.8, 4) is 0 Å². The molecule has 0 aliphatic carbocycles. The van der Waals surface area contributed by atoms with Gasteiger partial charge in [-0.25, -0.2) is 0 Å². The standard InChI is InChI=1S/C22H21BrN4O2/c23-18-6-2-7-19(13-18)27-11-8-20(22(27)29)21(28)24-14-16-4-1-5-17(12-16)15-26-10-3-9-25-26/h1-7,9-10,12-13,20H,8,11,14-15H2,(H,24,28). The first kappa shape index (κ1) is 19.4. The average Bonchev–Trinajstić information content (AvgIpc) is 3.36. The van der Waals surface area contributed by atoms with Gasteiger partial charge in [0.1, 0.15) is 5.92 Å². The first-order valence-electron chi connectivity index (χ1n) is 9.50. The molecule has 29 heavy (non-hydrogen) atoms. The van der Waals surface area contributed by atoms with Gasteiger partial charge in [-0.15, -0.1) is 0 Å². The van der Waals surface area contributed by atoms with Crippen LogP contribution in [0.5, 0.6) is 0 Å². The number of benzene rings is 2. The third kappa shape index (κ3) is 4.56. The molecule has 1 aliphatic rings. The molecule has 1 saturated heterocycles. The van der Waals surface area contributed by atoms with Gasteiger partial charge < -0.3 is 10.2 Å². The van der Waals surface area contributed by atoms with Gasteiger partial charge in [-0.1, -0.05) is 46.3 Å². The van der Waals surface area contributed by atoms with Crippen LogP contribution in [-0.2, 0) is 22.7 Å². The highest BCUT2D eigenvalue weighted by Gasteiger charge is 2.37. The lowest BCUT2D eigenvalue weighted by Gasteiger charge is -2.17. The minimum absolute atomic E-state index is 0.145. The molecule has 1 atom stereocenters. The van der Waals surface area contributed by atoms with E-state index in [1.54, 1.807) is 11.1 Å². The van der Waals surface area contributed by atoms with Gasteiger partial charge in [0.25, 0.3) is 0 Å². The predicted octanol–water partition coefficient (Wildman–Crippen LogP) is 3.36. The van der Waals surface area contributed by atoms with Crippen LogP contribution in [0.4, 0.5) is 5.69 Å². The summed E-state index contributed by atoms with van der Waals surface area (Å²) in [6, 6.07) is 17.5. The van der Waals surface area contributed by atoms with Gasteiger partial charge in [-0.05, 0) is 41.8 Å². The molecule has 1 N–H and O–H groups in total. The summed E-state index contributed by atoms with van der Waals surface area (Å²) in [6.07, 6.45) is 4.19. The molecule has 6 nitrogen and oxygen atoms in total. The van der Waals surface area contributed by atoms with Gasteiger partial charge >= 0.3 is 0 Å². The van der Waals surface area contributed by atoms with Crippen LogP contribution in [0.25, 0.3) is 0 Å². The molecule has 0 spiro atoms. The van der Waals surface area contributed by atoms with Crippen molar-refractivity contribution in [2.24, 2.45) is 5.92 Å². The van der Waals surface area contributed by atoms with Crippen LogP contribution in [0.15, 0.2) is 71.5 Å². The second-order valence-corrected chi connectivity index (χ2v) is 7.97. The Morgan fingerprint density at radius 2 is 1.97 bits per heavy atom. The van der Waals surface area contributed by atoms with E-state index in [4.69, 9.17) is 0 Å². The zero-order valence-electron chi connectivity index (χ0n) is 15.8. The van der Waals surface area contributed by atoms with Crippen molar-refractivity contribution in [2.75, 3.05) is 11.4 Å². The van der Waals surface area contributed by atoms with Crippen LogP contribution < -0.4 is 10.2 Å². The molecule has 2 aromatic carbocycles. The van der Waals surface area contributed by atoms with E-state index in [2.05, 4.69) is 26.3 Å². The molecule has 2 heterocycles. The lowest BCUT2D eigenvalue weighted by Crippen LogP contribution is -2.36. The normalized spacial score (nSPS) is 16.2. The number of anilines is 1. The van der Waals surface area contributed by atoms with Gasteiger partial charge in [-0.3, -0.25) is 14.3 Å². The van der Waals surface area contributed by atoms with E-state index < -0.39 is 5.92 Å². The Bertz CT molecular complexity index is 1020. The van der Waals surface area contributed by atoms with Crippen LogP contribution in [0.3, 0.4) is 0 Å². The molecule has 3 aromatic rings. The molecule has 1 aliphatic heterocycles.